The summed E-state index contributed by atoms with van der Waals surface area (Å²) in [4.78, 5) is 42.1. The number of rotatable bonds is 6. The number of pyridine rings is 1. The minimum Gasteiger partial charge on any atom is -0.468 e. The molecule has 4 rings (SSSR count). The van der Waals surface area contributed by atoms with Crippen molar-refractivity contribution in [1.82, 2.24) is 14.4 Å². The van der Waals surface area contributed by atoms with Crippen molar-refractivity contribution in [2.24, 2.45) is 11.8 Å². The molecule has 176 valence electrons. The van der Waals surface area contributed by atoms with Crippen LogP contribution in [0.25, 0.3) is 11.1 Å². The lowest BCUT2D eigenvalue weighted by atomic mass is 9.88. The maximum absolute atomic E-state index is 13.5. The number of hydrogen-bond donors (Lipinski definition) is 1. The Hall–Kier alpha value is -2.97. The number of aromatic nitrogens is 1. The van der Waals surface area contributed by atoms with Crippen molar-refractivity contribution in [3.63, 3.8) is 0 Å². The number of ether oxygens (including phenoxy) is 1. The highest BCUT2D eigenvalue weighted by Crippen LogP contribution is 2.49. The van der Waals surface area contributed by atoms with Gasteiger partial charge < -0.3 is 19.3 Å². The number of carbonyl (C=O) groups excluding carboxylic acids is 2. The van der Waals surface area contributed by atoms with Crippen LogP contribution in [-0.2, 0) is 16.1 Å². The molecule has 1 amide bonds. The van der Waals surface area contributed by atoms with Gasteiger partial charge in [0.2, 0.25) is 0 Å². The topological polar surface area (TPSA) is 92.1 Å². The Balaban J connectivity index is 1.76. The lowest BCUT2D eigenvalue weighted by Crippen LogP contribution is -2.43. The molecule has 0 unspecified atom stereocenters. The first-order valence-corrected chi connectivity index (χ1v) is 11.3. The molecule has 33 heavy (non-hydrogen) atoms. The van der Waals surface area contributed by atoms with Crippen LogP contribution in [0, 0.1) is 11.8 Å². The number of hydrogen-bond acceptors (Lipinski definition) is 6. The van der Waals surface area contributed by atoms with Crippen LogP contribution in [0.15, 0.2) is 41.2 Å². The van der Waals surface area contributed by atoms with E-state index < -0.39 is 6.04 Å². The first-order valence-electron chi connectivity index (χ1n) is 11.3. The zero-order chi connectivity index (χ0) is 23.9. The third-order valence-corrected chi connectivity index (χ3v) is 6.94. The van der Waals surface area contributed by atoms with Crippen molar-refractivity contribution in [2.45, 2.75) is 32.0 Å². The second-order valence-corrected chi connectivity index (χ2v) is 9.03. The lowest BCUT2D eigenvalue weighted by Gasteiger charge is -2.29. The normalized spacial score (nSPS) is 23.8. The molecule has 0 spiro atoms. The Bertz CT molecular complexity index is 1130. The summed E-state index contributed by atoms with van der Waals surface area (Å²) >= 11 is 0. The molecule has 1 N–H and O–H groups in total. The predicted octanol–water partition coefficient (Wildman–Crippen LogP) is 1.76. The summed E-state index contributed by atoms with van der Waals surface area (Å²) in [5.41, 5.74) is 2.47. The van der Waals surface area contributed by atoms with Crippen molar-refractivity contribution in [2.75, 3.05) is 34.4 Å². The second kappa shape index (κ2) is 9.11. The largest absolute Gasteiger partial charge is 0.468 e. The molecule has 0 aliphatic carbocycles. The zero-order valence-electron chi connectivity index (χ0n) is 19.5. The standard InChI is InChI=1S/C25H31N3O5/c1-5-11-27-21-18(19(14-29)22(27)25(32)33-4)13-28-20(21)10-9-17(24(28)31)15-7-6-8-16(12-15)23(30)26(2)3/h6-10,12,18-19,21-22,29H,5,11,13-14H2,1-4H3/t18-,19-,21+,22-/m0/s1. The highest BCUT2D eigenvalue weighted by Gasteiger charge is 2.55. The Morgan fingerprint density at radius 3 is 2.61 bits per heavy atom. The van der Waals surface area contributed by atoms with E-state index in [1.54, 1.807) is 42.9 Å². The number of methoxy groups -OCH3 is 1. The molecule has 0 saturated carbocycles. The second-order valence-electron chi connectivity index (χ2n) is 9.03. The SMILES string of the molecule is CCCN1[C@H](C(=O)OC)[C@@H](CO)[C@@H]2Cn3c(ccc(-c4cccc(C(=O)N(C)C)c4)c3=O)[C@@H]21. The van der Waals surface area contributed by atoms with Crippen LogP contribution in [0.5, 0.6) is 0 Å². The van der Waals surface area contributed by atoms with Gasteiger partial charge in [0, 0.05) is 55.9 Å². The van der Waals surface area contributed by atoms with Crippen molar-refractivity contribution in [3.05, 3.63) is 58.0 Å². The molecular formula is C25H31N3O5. The van der Waals surface area contributed by atoms with Crippen molar-refractivity contribution >= 4 is 11.9 Å². The van der Waals surface area contributed by atoms with E-state index in [9.17, 15) is 19.5 Å². The molecule has 1 aromatic carbocycles. The van der Waals surface area contributed by atoms with Crippen LogP contribution < -0.4 is 5.56 Å². The molecule has 2 aromatic rings. The van der Waals surface area contributed by atoms with Crippen LogP contribution in [0.2, 0.25) is 0 Å². The van der Waals surface area contributed by atoms with E-state index in [2.05, 4.69) is 4.90 Å². The van der Waals surface area contributed by atoms with Gasteiger partial charge in [-0.3, -0.25) is 19.3 Å². The molecule has 8 nitrogen and oxygen atoms in total. The van der Waals surface area contributed by atoms with Crippen LogP contribution >= 0.6 is 0 Å². The van der Waals surface area contributed by atoms with E-state index in [1.807, 2.05) is 19.1 Å². The highest BCUT2D eigenvalue weighted by molar-refractivity contribution is 5.95. The third-order valence-electron chi connectivity index (χ3n) is 6.94. The summed E-state index contributed by atoms with van der Waals surface area (Å²) in [6, 6.07) is 10.2. The molecule has 2 aliphatic rings. The molecule has 2 aliphatic heterocycles. The summed E-state index contributed by atoms with van der Waals surface area (Å²) < 4.78 is 6.82. The van der Waals surface area contributed by atoms with E-state index in [0.717, 1.165) is 12.1 Å². The fourth-order valence-electron chi connectivity index (χ4n) is 5.51. The Morgan fingerprint density at radius 1 is 1.21 bits per heavy atom. The minimum absolute atomic E-state index is 0.0600. The van der Waals surface area contributed by atoms with E-state index in [1.165, 1.54) is 12.0 Å². The van der Waals surface area contributed by atoms with Gasteiger partial charge in [0.05, 0.1) is 13.2 Å². The molecule has 1 fully saturated rings. The summed E-state index contributed by atoms with van der Waals surface area (Å²) in [7, 11) is 4.76. The summed E-state index contributed by atoms with van der Waals surface area (Å²) in [5, 5.41) is 10.2. The molecule has 0 radical (unpaired) electrons. The van der Waals surface area contributed by atoms with Crippen molar-refractivity contribution < 1.29 is 19.4 Å². The quantitative estimate of drug-likeness (QED) is 0.671. The third kappa shape index (κ3) is 3.77. The highest BCUT2D eigenvalue weighted by atomic mass is 16.5. The number of benzene rings is 1. The molecule has 1 aromatic heterocycles. The maximum Gasteiger partial charge on any atom is 0.323 e. The van der Waals surface area contributed by atoms with Crippen molar-refractivity contribution in [3.8, 4) is 11.1 Å². The average molecular weight is 454 g/mol. The first kappa shape index (κ1) is 23.2. The average Bonchev–Trinajstić information content (AvgIpc) is 3.34. The van der Waals surface area contributed by atoms with E-state index in [-0.39, 0.29) is 41.9 Å². The number of carbonyl (C=O) groups is 2. The minimum atomic E-state index is -0.521. The summed E-state index contributed by atoms with van der Waals surface area (Å²) in [6.45, 7) is 3.00. The molecule has 3 heterocycles. The van der Waals surface area contributed by atoms with Crippen LogP contribution in [0.4, 0.5) is 0 Å². The van der Waals surface area contributed by atoms with Gasteiger partial charge in [0.15, 0.2) is 0 Å². The fourth-order valence-corrected chi connectivity index (χ4v) is 5.51. The monoisotopic (exact) mass is 453 g/mol. The van der Waals surface area contributed by atoms with Gasteiger partial charge in [-0.2, -0.15) is 0 Å². The van der Waals surface area contributed by atoms with Gasteiger partial charge >= 0.3 is 5.97 Å². The summed E-state index contributed by atoms with van der Waals surface area (Å²) in [6.07, 6.45) is 0.837. The van der Waals surface area contributed by atoms with Gasteiger partial charge in [-0.05, 0) is 42.8 Å². The van der Waals surface area contributed by atoms with Gasteiger partial charge in [0.1, 0.15) is 6.04 Å². The van der Waals surface area contributed by atoms with E-state index in [4.69, 9.17) is 4.74 Å². The van der Waals surface area contributed by atoms with E-state index in [0.29, 0.717) is 29.8 Å². The van der Waals surface area contributed by atoms with E-state index >= 15 is 0 Å². The van der Waals surface area contributed by atoms with Gasteiger partial charge in [-0.25, -0.2) is 0 Å². The summed E-state index contributed by atoms with van der Waals surface area (Å²) in [5.74, 6) is -0.833. The molecule has 4 atom stereocenters. The fraction of sp³-hybridized carbons (Fsp3) is 0.480. The van der Waals surface area contributed by atoms with Crippen LogP contribution in [0.1, 0.15) is 35.4 Å². The zero-order valence-corrected chi connectivity index (χ0v) is 19.5. The van der Waals surface area contributed by atoms with Crippen LogP contribution in [0.3, 0.4) is 0 Å². The smallest absolute Gasteiger partial charge is 0.323 e. The Morgan fingerprint density at radius 2 is 1.97 bits per heavy atom. The first-order chi connectivity index (χ1) is 15.8. The number of amides is 1. The molecule has 0 bridgehead atoms. The van der Waals surface area contributed by atoms with Gasteiger partial charge in [-0.15, -0.1) is 0 Å². The lowest BCUT2D eigenvalue weighted by molar-refractivity contribution is -0.148. The Kier molecular flexibility index (Phi) is 6.41. The maximum atomic E-state index is 13.5. The predicted molar refractivity (Wildman–Crippen MR) is 124 cm³/mol. The van der Waals surface area contributed by atoms with Gasteiger partial charge in [0.25, 0.3) is 11.5 Å². The van der Waals surface area contributed by atoms with Gasteiger partial charge in [-0.1, -0.05) is 19.1 Å². The number of nitrogens with zero attached hydrogens (tertiary/aromatic N) is 3. The number of aliphatic hydroxyl groups excluding tert-OH is 1. The number of esters is 1. The number of likely N-dealkylation sites (tertiary alicyclic amines) is 1. The Labute approximate surface area is 193 Å². The molecule has 8 heteroatoms. The molecule has 1 saturated heterocycles. The van der Waals surface area contributed by atoms with Crippen molar-refractivity contribution in [1.29, 1.82) is 0 Å². The van der Waals surface area contributed by atoms with Crippen LogP contribution in [-0.4, -0.2) is 71.7 Å². The number of aliphatic hydroxyl groups is 1. The molecular weight excluding hydrogens is 422 g/mol. The number of fused-ring (bicyclic) bond motifs is 3.